The molecule has 18 heavy (non-hydrogen) atoms. The fourth-order valence-electron chi connectivity index (χ4n) is 1.47. The van der Waals surface area contributed by atoms with Crippen LogP contribution in [0.4, 0.5) is 4.39 Å². The largest absolute Gasteiger partial charge is 0.455 e. The Balaban J connectivity index is 2.34. The van der Waals surface area contributed by atoms with Gasteiger partial charge in [0.2, 0.25) is 0 Å². The molecule has 92 valence electrons. The Kier molecular flexibility index (Phi) is 3.53. The molecule has 0 atom stereocenters. The van der Waals surface area contributed by atoms with Crippen molar-refractivity contribution in [3.8, 4) is 11.5 Å². The first-order chi connectivity index (χ1) is 8.58. The summed E-state index contributed by atoms with van der Waals surface area (Å²) < 4.78 is 18.7. The van der Waals surface area contributed by atoms with Gasteiger partial charge in [-0.2, -0.15) is 0 Å². The lowest BCUT2D eigenvalue weighted by molar-refractivity contribution is 0.476. The van der Waals surface area contributed by atoms with Gasteiger partial charge in [-0.25, -0.2) is 9.37 Å². The molecule has 0 saturated carbocycles. The van der Waals surface area contributed by atoms with Crippen LogP contribution in [-0.4, -0.2) is 9.97 Å². The molecule has 2 N–H and O–H groups in total. The number of pyridine rings is 1. The van der Waals surface area contributed by atoms with Crippen LogP contribution in [0.25, 0.3) is 0 Å². The number of benzene rings is 1. The van der Waals surface area contributed by atoms with Crippen molar-refractivity contribution in [1.82, 2.24) is 4.98 Å². The van der Waals surface area contributed by atoms with Gasteiger partial charge in [-0.1, -0.05) is 12.2 Å². The molecule has 0 radical (unpaired) electrons. The Bertz CT molecular complexity index is 601. The molecule has 0 saturated heterocycles. The number of hydrogen-bond acceptors (Lipinski definition) is 3. The van der Waals surface area contributed by atoms with Gasteiger partial charge < -0.3 is 10.5 Å². The first-order valence-corrected chi connectivity index (χ1v) is 5.67. The van der Waals surface area contributed by atoms with Gasteiger partial charge >= 0.3 is 0 Å². The fourth-order valence-corrected chi connectivity index (χ4v) is 1.62. The van der Waals surface area contributed by atoms with Crippen LogP contribution in [0.1, 0.15) is 11.3 Å². The monoisotopic (exact) mass is 262 g/mol. The summed E-state index contributed by atoms with van der Waals surface area (Å²) in [4.78, 5) is 4.21. The highest BCUT2D eigenvalue weighted by atomic mass is 32.1. The smallest absolute Gasteiger partial charge is 0.156 e. The van der Waals surface area contributed by atoms with E-state index < -0.39 is 0 Å². The van der Waals surface area contributed by atoms with Gasteiger partial charge in [0.25, 0.3) is 0 Å². The molecule has 0 amide bonds. The second-order valence-corrected chi connectivity index (χ2v) is 4.17. The number of hydrogen-bond donors (Lipinski definition) is 1. The van der Waals surface area contributed by atoms with Gasteiger partial charge in [0.15, 0.2) is 5.75 Å². The predicted molar refractivity (Wildman–Crippen MR) is 71.3 cm³/mol. The third kappa shape index (κ3) is 2.62. The molecule has 1 aromatic carbocycles. The number of nitrogens with two attached hydrogens (primary N) is 1. The zero-order valence-corrected chi connectivity index (χ0v) is 10.5. The van der Waals surface area contributed by atoms with Gasteiger partial charge in [-0.15, -0.1) is 0 Å². The molecule has 0 aliphatic carbocycles. The highest BCUT2D eigenvalue weighted by Gasteiger charge is 2.09. The molecular weight excluding hydrogens is 251 g/mol. The molecule has 0 aliphatic heterocycles. The molecule has 2 aromatic rings. The van der Waals surface area contributed by atoms with E-state index in [4.69, 9.17) is 22.7 Å². The van der Waals surface area contributed by atoms with Crippen molar-refractivity contribution in [2.24, 2.45) is 5.73 Å². The maximum Gasteiger partial charge on any atom is 0.156 e. The van der Waals surface area contributed by atoms with E-state index in [0.717, 1.165) is 0 Å². The van der Waals surface area contributed by atoms with E-state index in [1.165, 1.54) is 6.07 Å². The third-order valence-corrected chi connectivity index (χ3v) is 2.55. The summed E-state index contributed by atoms with van der Waals surface area (Å²) >= 11 is 4.89. The number of aromatic nitrogens is 1. The van der Waals surface area contributed by atoms with Gasteiger partial charge in [0.1, 0.15) is 22.2 Å². The van der Waals surface area contributed by atoms with Crippen molar-refractivity contribution in [1.29, 1.82) is 0 Å². The summed E-state index contributed by atoms with van der Waals surface area (Å²) in [5.74, 6) is 0.693. The van der Waals surface area contributed by atoms with E-state index in [1.54, 1.807) is 37.4 Å². The summed E-state index contributed by atoms with van der Waals surface area (Å²) in [5, 5.41) is 0. The number of ether oxygens (including phenoxy) is 1. The first-order valence-electron chi connectivity index (χ1n) is 5.27. The topological polar surface area (TPSA) is 48.1 Å². The van der Waals surface area contributed by atoms with Gasteiger partial charge in [0.05, 0.1) is 0 Å². The minimum Gasteiger partial charge on any atom is -0.455 e. The quantitative estimate of drug-likeness (QED) is 0.864. The van der Waals surface area contributed by atoms with Gasteiger partial charge in [0, 0.05) is 6.20 Å². The van der Waals surface area contributed by atoms with Gasteiger partial charge in [-0.05, 0) is 42.8 Å². The van der Waals surface area contributed by atoms with Crippen molar-refractivity contribution in [2.75, 3.05) is 0 Å². The van der Waals surface area contributed by atoms with Crippen LogP contribution < -0.4 is 10.5 Å². The standard InChI is InChI=1S/C13H11FN2OS/c1-8-7-9(4-5-10(8)14)17-11-3-2-6-16-12(11)13(15)18/h2-7H,1H3,(H2,15,18). The summed E-state index contributed by atoms with van der Waals surface area (Å²) in [6.07, 6.45) is 1.58. The molecule has 1 aromatic heterocycles. The van der Waals surface area contributed by atoms with Crippen molar-refractivity contribution in [2.45, 2.75) is 6.92 Å². The van der Waals surface area contributed by atoms with Crippen LogP contribution >= 0.6 is 12.2 Å². The Morgan fingerprint density at radius 3 is 2.83 bits per heavy atom. The molecule has 5 heteroatoms. The molecule has 0 aliphatic rings. The number of thiocarbonyl (C=S) groups is 1. The van der Waals surface area contributed by atoms with E-state index in [-0.39, 0.29) is 10.8 Å². The summed E-state index contributed by atoms with van der Waals surface area (Å²) in [6.45, 7) is 1.67. The Hall–Kier alpha value is -2.01. The molecular formula is C13H11FN2OS. The van der Waals surface area contributed by atoms with Crippen LogP contribution in [0, 0.1) is 12.7 Å². The summed E-state index contributed by atoms with van der Waals surface area (Å²) in [7, 11) is 0. The van der Waals surface area contributed by atoms with Gasteiger partial charge in [-0.3, -0.25) is 0 Å². The van der Waals surface area contributed by atoms with Crippen LogP contribution in [0.3, 0.4) is 0 Å². The highest BCUT2D eigenvalue weighted by Crippen LogP contribution is 2.25. The zero-order valence-electron chi connectivity index (χ0n) is 9.68. The maximum atomic E-state index is 13.1. The molecule has 0 unspecified atom stereocenters. The first kappa shape index (κ1) is 12.4. The second kappa shape index (κ2) is 5.10. The molecule has 1 heterocycles. The fraction of sp³-hybridized carbons (Fsp3) is 0.0769. The van der Waals surface area contributed by atoms with E-state index in [0.29, 0.717) is 22.8 Å². The van der Waals surface area contributed by atoms with Crippen LogP contribution in [0.5, 0.6) is 11.5 Å². The number of nitrogens with zero attached hydrogens (tertiary/aromatic N) is 1. The lowest BCUT2D eigenvalue weighted by atomic mass is 10.2. The van der Waals surface area contributed by atoms with Crippen molar-refractivity contribution in [3.63, 3.8) is 0 Å². The molecule has 3 nitrogen and oxygen atoms in total. The third-order valence-electron chi connectivity index (χ3n) is 2.36. The van der Waals surface area contributed by atoms with Crippen LogP contribution in [-0.2, 0) is 0 Å². The Morgan fingerprint density at radius 1 is 1.39 bits per heavy atom. The predicted octanol–water partition coefficient (Wildman–Crippen LogP) is 2.96. The lowest BCUT2D eigenvalue weighted by Crippen LogP contribution is -2.12. The summed E-state index contributed by atoms with van der Waals surface area (Å²) in [5.41, 5.74) is 6.47. The molecule has 0 fully saturated rings. The maximum absolute atomic E-state index is 13.1. The van der Waals surface area contributed by atoms with E-state index in [2.05, 4.69) is 4.98 Å². The molecule has 2 rings (SSSR count). The zero-order chi connectivity index (χ0) is 13.1. The average molecular weight is 262 g/mol. The Morgan fingerprint density at radius 2 is 2.17 bits per heavy atom. The van der Waals surface area contributed by atoms with E-state index in [9.17, 15) is 4.39 Å². The lowest BCUT2D eigenvalue weighted by Gasteiger charge is -2.09. The number of aryl methyl sites for hydroxylation is 1. The summed E-state index contributed by atoms with van der Waals surface area (Å²) in [6, 6.07) is 7.92. The second-order valence-electron chi connectivity index (χ2n) is 3.73. The Labute approximate surface area is 109 Å². The average Bonchev–Trinajstić information content (AvgIpc) is 2.34. The molecule has 0 spiro atoms. The van der Waals surface area contributed by atoms with Crippen molar-refractivity contribution in [3.05, 3.63) is 53.6 Å². The van der Waals surface area contributed by atoms with Crippen LogP contribution in [0.15, 0.2) is 36.5 Å². The highest BCUT2D eigenvalue weighted by molar-refractivity contribution is 7.80. The van der Waals surface area contributed by atoms with Crippen molar-refractivity contribution < 1.29 is 9.13 Å². The van der Waals surface area contributed by atoms with E-state index in [1.807, 2.05) is 0 Å². The van der Waals surface area contributed by atoms with E-state index >= 15 is 0 Å². The van der Waals surface area contributed by atoms with Crippen molar-refractivity contribution >= 4 is 17.2 Å². The normalized spacial score (nSPS) is 10.1. The number of halogens is 1. The minimum atomic E-state index is -0.275. The molecule has 0 bridgehead atoms. The SMILES string of the molecule is Cc1cc(Oc2cccnc2C(N)=S)ccc1F. The number of rotatable bonds is 3. The van der Waals surface area contributed by atoms with Crippen LogP contribution in [0.2, 0.25) is 0 Å². The minimum absolute atomic E-state index is 0.157.